The van der Waals surface area contributed by atoms with Crippen LogP contribution >= 0.6 is 0 Å². The van der Waals surface area contributed by atoms with Gasteiger partial charge in [0, 0.05) is 6.54 Å². The minimum absolute atomic E-state index is 0.0294. The maximum atomic E-state index is 11.9. The first-order chi connectivity index (χ1) is 7.12. The second-order valence-corrected chi connectivity index (χ2v) is 3.71. The third-order valence-corrected chi connectivity index (χ3v) is 3.12. The number of hydrogen-bond donors (Lipinski definition) is 1. The van der Waals surface area contributed by atoms with E-state index in [4.69, 9.17) is 0 Å². The van der Waals surface area contributed by atoms with Gasteiger partial charge in [-0.05, 0) is 12.8 Å². The topological polar surface area (TPSA) is 49.4 Å². The van der Waals surface area contributed by atoms with Gasteiger partial charge < -0.3 is 10.2 Å². The summed E-state index contributed by atoms with van der Waals surface area (Å²) in [7, 11) is 0. The predicted molar refractivity (Wildman–Crippen MR) is 58.2 cm³/mol. The van der Waals surface area contributed by atoms with Gasteiger partial charge in [-0.25, -0.2) is 0 Å². The quantitative estimate of drug-likeness (QED) is 0.694. The molecule has 2 amide bonds. The summed E-state index contributed by atoms with van der Waals surface area (Å²) in [5, 5.41) is 2.65. The Morgan fingerprint density at radius 2 is 2.07 bits per heavy atom. The molecule has 0 saturated carbocycles. The smallest absolute Gasteiger partial charge is 0.246 e. The Morgan fingerprint density at radius 1 is 1.47 bits per heavy atom. The van der Waals surface area contributed by atoms with Crippen LogP contribution in [0.15, 0.2) is 12.7 Å². The van der Waals surface area contributed by atoms with E-state index in [-0.39, 0.29) is 18.4 Å². The van der Waals surface area contributed by atoms with E-state index in [1.807, 2.05) is 13.8 Å². The Hall–Kier alpha value is -1.32. The lowest BCUT2D eigenvalue weighted by molar-refractivity contribution is -0.153. The van der Waals surface area contributed by atoms with Crippen molar-refractivity contribution < 1.29 is 9.59 Å². The molecule has 1 saturated heterocycles. The molecule has 0 unspecified atom stereocenters. The molecule has 4 heteroatoms. The molecule has 1 N–H and O–H groups in total. The molecule has 1 aliphatic heterocycles. The minimum atomic E-state index is -0.677. The van der Waals surface area contributed by atoms with E-state index in [0.29, 0.717) is 19.4 Å². The zero-order valence-electron chi connectivity index (χ0n) is 9.38. The molecule has 1 aliphatic rings. The maximum absolute atomic E-state index is 11.9. The second kappa shape index (κ2) is 4.47. The van der Waals surface area contributed by atoms with Gasteiger partial charge in [-0.15, -0.1) is 6.58 Å². The average molecular weight is 210 g/mol. The SMILES string of the molecule is C=CCN1C(=O)CNC(=O)C1(CC)CC. The molecular weight excluding hydrogens is 192 g/mol. The fourth-order valence-electron chi connectivity index (χ4n) is 2.14. The Morgan fingerprint density at radius 3 is 2.53 bits per heavy atom. The molecule has 0 spiro atoms. The lowest BCUT2D eigenvalue weighted by atomic mass is 9.87. The van der Waals surface area contributed by atoms with Crippen molar-refractivity contribution in [3.05, 3.63) is 12.7 Å². The summed E-state index contributed by atoms with van der Waals surface area (Å²) in [5.74, 6) is -0.0767. The molecule has 0 atom stereocenters. The van der Waals surface area contributed by atoms with Crippen molar-refractivity contribution in [3.63, 3.8) is 0 Å². The number of piperazine rings is 1. The number of carbonyl (C=O) groups is 2. The van der Waals surface area contributed by atoms with E-state index in [2.05, 4.69) is 11.9 Å². The molecule has 1 fully saturated rings. The van der Waals surface area contributed by atoms with Gasteiger partial charge >= 0.3 is 0 Å². The van der Waals surface area contributed by atoms with Crippen molar-refractivity contribution in [3.8, 4) is 0 Å². The summed E-state index contributed by atoms with van der Waals surface area (Å²) in [6.07, 6.45) is 2.93. The van der Waals surface area contributed by atoms with Gasteiger partial charge in [-0.1, -0.05) is 19.9 Å². The number of hydrogen-bond acceptors (Lipinski definition) is 2. The maximum Gasteiger partial charge on any atom is 0.246 e. The van der Waals surface area contributed by atoms with E-state index >= 15 is 0 Å². The van der Waals surface area contributed by atoms with Gasteiger partial charge in [0.05, 0.1) is 6.54 Å². The summed E-state index contributed by atoms with van der Waals surface area (Å²) in [5.41, 5.74) is -0.677. The van der Waals surface area contributed by atoms with Crippen LogP contribution in [0.2, 0.25) is 0 Å². The van der Waals surface area contributed by atoms with Crippen LogP contribution in [0.25, 0.3) is 0 Å². The Labute approximate surface area is 90.3 Å². The highest BCUT2D eigenvalue weighted by Gasteiger charge is 2.45. The lowest BCUT2D eigenvalue weighted by Crippen LogP contribution is -2.66. The van der Waals surface area contributed by atoms with Crippen molar-refractivity contribution in [1.29, 1.82) is 0 Å². The zero-order valence-corrected chi connectivity index (χ0v) is 9.38. The van der Waals surface area contributed by atoms with Gasteiger partial charge in [0.25, 0.3) is 0 Å². The van der Waals surface area contributed by atoms with E-state index in [0.717, 1.165) is 0 Å². The van der Waals surface area contributed by atoms with Crippen LogP contribution in [0.5, 0.6) is 0 Å². The molecule has 15 heavy (non-hydrogen) atoms. The third kappa shape index (κ3) is 1.76. The highest BCUT2D eigenvalue weighted by molar-refractivity contribution is 5.97. The molecule has 0 radical (unpaired) electrons. The van der Waals surface area contributed by atoms with E-state index in [9.17, 15) is 9.59 Å². The molecule has 1 rings (SSSR count). The minimum Gasteiger partial charge on any atom is -0.345 e. The summed E-state index contributed by atoms with van der Waals surface area (Å²) >= 11 is 0. The molecule has 0 aromatic rings. The normalized spacial score (nSPS) is 20.0. The van der Waals surface area contributed by atoms with Gasteiger partial charge in [0.15, 0.2) is 0 Å². The van der Waals surface area contributed by atoms with Crippen LogP contribution < -0.4 is 5.32 Å². The zero-order chi connectivity index (χ0) is 11.5. The van der Waals surface area contributed by atoms with E-state index < -0.39 is 5.54 Å². The molecular formula is C11H18N2O2. The monoisotopic (exact) mass is 210 g/mol. The van der Waals surface area contributed by atoms with Gasteiger partial charge in [-0.2, -0.15) is 0 Å². The highest BCUT2D eigenvalue weighted by atomic mass is 16.2. The first-order valence-electron chi connectivity index (χ1n) is 5.32. The number of carbonyl (C=O) groups excluding carboxylic acids is 2. The van der Waals surface area contributed by atoms with Crippen molar-refractivity contribution in [2.45, 2.75) is 32.2 Å². The first kappa shape index (κ1) is 11.8. The van der Waals surface area contributed by atoms with Gasteiger partial charge in [0.1, 0.15) is 5.54 Å². The summed E-state index contributed by atoms with van der Waals surface area (Å²) in [6, 6.07) is 0. The fourth-order valence-corrected chi connectivity index (χ4v) is 2.14. The molecule has 0 aliphatic carbocycles. The second-order valence-electron chi connectivity index (χ2n) is 3.71. The summed E-state index contributed by atoms with van der Waals surface area (Å²) < 4.78 is 0. The van der Waals surface area contributed by atoms with Crippen LogP contribution in [0.3, 0.4) is 0 Å². The van der Waals surface area contributed by atoms with Gasteiger partial charge in [0.2, 0.25) is 11.8 Å². The largest absolute Gasteiger partial charge is 0.345 e. The molecule has 1 heterocycles. The van der Waals surface area contributed by atoms with Crippen molar-refractivity contribution in [2.24, 2.45) is 0 Å². The van der Waals surface area contributed by atoms with Crippen LogP contribution in [0.4, 0.5) is 0 Å². The lowest BCUT2D eigenvalue weighted by Gasteiger charge is -2.44. The molecule has 0 bridgehead atoms. The molecule has 84 valence electrons. The average Bonchev–Trinajstić information content (AvgIpc) is 2.25. The van der Waals surface area contributed by atoms with Crippen molar-refractivity contribution in [1.82, 2.24) is 10.2 Å². The van der Waals surface area contributed by atoms with E-state index in [1.165, 1.54) is 0 Å². The van der Waals surface area contributed by atoms with Crippen LogP contribution in [-0.4, -0.2) is 35.3 Å². The number of nitrogens with one attached hydrogen (secondary N) is 1. The number of rotatable bonds is 4. The van der Waals surface area contributed by atoms with Crippen LogP contribution in [0.1, 0.15) is 26.7 Å². The summed E-state index contributed by atoms with van der Waals surface area (Å²) in [6.45, 7) is 8.02. The fraction of sp³-hybridized carbons (Fsp3) is 0.636. The molecule has 4 nitrogen and oxygen atoms in total. The van der Waals surface area contributed by atoms with E-state index in [1.54, 1.807) is 11.0 Å². The highest BCUT2D eigenvalue weighted by Crippen LogP contribution is 2.26. The molecule has 0 aromatic carbocycles. The van der Waals surface area contributed by atoms with Crippen molar-refractivity contribution >= 4 is 11.8 Å². The predicted octanol–water partition coefficient (Wildman–Crippen LogP) is 0.690. The molecule has 0 aromatic heterocycles. The standard InChI is InChI=1S/C11H18N2O2/c1-4-7-13-9(14)8-12-10(15)11(13,5-2)6-3/h4H,1,5-8H2,2-3H3,(H,12,15). The Kier molecular flexibility index (Phi) is 3.50. The van der Waals surface area contributed by atoms with Crippen LogP contribution in [0, 0.1) is 0 Å². The van der Waals surface area contributed by atoms with Crippen LogP contribution in [-0.2, 0) is 9.59 Å². The van der Waals surface area contributed by atoms with Gasteiger partial charge in [-0.3, -0.25) is 9.59 Å². The Bertz CT molecular complexity index is 282. The third-order valence-electron chi connectivity index (χ3n) is 3.12. The Balaban J connectivity index is 3.06. The number of nitrogens with zero attached hydrogens (tertiary/aromatic N) is 1. The number of amides is 2. The van der Waals surface area contributed by atoms with Crippen molar-refractivity contribution in [2.75, 3.05) is 13.1 Å². The summed E-state index contributed by atoms with van der Waals surface area (Å²) in [4.78, 5) is 25.2. The first-order valence-corrected chi connectivity index (χ1v) is 5.32.